The second-order valence-corrected chi connectivity index (χ2v) is 8.60. The molecule has 0 spiro atoms. The van der Waals surface area contributed by atoms with Gasteiger partial charge in [-0.2, -0.15) is 4.37 Å². The summed E-state index contributed by atoms with van der Waals surface area (Å²) in [5, 5.41) is 0. The Kier molecular flexibility index (Phi) is 11.5. The van der Waals surface area contributed by atoms with Crippen LogP contribution in [0.2, 0.25) is 0 Å². The summed E-state index contributed by atoms with van der Waals surface area (Å²) >= 11 is 1.18. The SMILES string of the molecule is CCCCCCOc1nsnc1C1=CCC[N+](C)(COC(=O)OCC(C)C)C1.[Cl-]. The van der Waals surface area contributed by atoms with E-state index in [9.17, 15) is 4.79 Å². The average Bonchev–Trinajstić information content (AvgIpc) is 3.13. The number of quaternary nitrogens is 1. The third kappa shape index (κ3) is 8.88. The largest absolute Gasteiger partial charge is 1.00 e. The van der Waals surface area contributed by atoms with Crippen LogP contribution in [0.4, 0.5) is 4.79 Å². The van der Waals surface area contributed by atoms with Crippen LogP contribution in [-0.2, 0) is 9.47 Å². The molecule has 166 valence electrons. The van der Waals surface area contributed by atoms with Crippen molar-refractivity contribution >= 4 is 23.5 Å². The van der Waals surface area contributed by atoms with E-state index < -0.39 is 6.16 Å². The van der Waals surface area contributed by atoms with E-state index >= 15 is 0 Å². The van der Waals surface area contributed by atoms with Crippen LogP contribution < -0.4 is 17.1 Å². The highest BCUT2D eigenvalue weighted by atomic mass is 35.5. The van der Waals surface area contributed by atoms with E-state index in [0.717, 1.165) is 37.2 Å². The average molecular weight is 448 g/mol. The Morgan fingerprint density at radius 1 is 1.24 bits per heavy atom. The summed E-state index contributed by atoms with van der Waals surface area (Å²) in [4.78, 5) is 11.8. The number of halogens is 1. The van der Waals surface area contributed by atoms with Crippen LogP contribution in [0.1, 0.15) is 58.6 Å². The van der Waals surface area contributed by atoms with Gasteiger partial charge in [-0.05, 0) is 12.3 Å². The van der Waals surface area contributed by atoms with Crippen LogP contribution in [0.25, 0.3) is 5.57 Å². The van der Waals surface area contributed by atoms with Gasteiger partial charge in [-0.3, -0.25) is 4.48 Å². The van der Waals surface area contributed by atoms with Crippen molar-refractivity contribution in [1.82, 2.24) is 8.75 Å². The van der Waals surface area contributed by atoms with E-state index in [1.807, 2.05) is 13.8 Å². The number of hydrogen-bond donors (Lipinski definition) is 0. The highest BCUT2D eigenvalue weighted by molar-refractivity contribution is 6.99. The van der Waals surface area contributed by atoms with Gasteiger partial charge in [0.05, 0.1) is 38.5 Å². The zero-order valence-corrected chi connectivity index (χ0v) is 19.6. The van der Waals surface area contributed by atoms with Crippen molar-refractivity contribution in [2.45, 2.75) is 52.9 Å². The molecule has 0 aliphatic carbocycles. The summed E-state index contributed by atoms with van der Waals surface area (Å²) in [5.74, 6) is 0.915. The molecule has 0 N–H and O–H groups in total. The van der Waals surface area contributed by atoms with Crippen LogP contribution in [0.3, 0.4) is 0 Å². The molecular formula is C20H34ClN3O4S. The Balaban J connectivity index is 0.00000420. The Morgan fingerprint density at radius 3 is 2.76 bits per heavy atom. The van der Waals surface area contributed by atoms with E-state index in [2.05, 4.69) is 28.8 Å². The molecule has 0 saturated carbocycles. The zero-order chi connectivity index (χ0) is 20.4. The smallest absolute Gasteiger partial charge is 0.512 e. The molecule has 1 aromatic heterocycles. The van der Waals surface area contributed by atoms with E-state index in [1.165, 1.54) is 31.0 Å². The third-order valence-electron chi connectivity index (χ3n) is 4.64. The van der Waals surface area contributed by atoms with Crippen molar-refractivity contribution in [3.05, 3.63) is 11.8 Å². The van der Waals surface area contributed by atoms with Gasteiger partial charge in [0.25, 0.3) is 5.88 Å². The van der Waals surface area contributed by atoms with E-state index in [1.54, 1.807) is 0 Å². The van der Waals surface area contributed by atoms with E-state index in [0.29, 0.717) is 29.5 Å². The maximum absolute atomic E-state index is 11.8. The van der Waals surface area contributed by atoms with Crippen LogP contribution in [0.15, 0.2) is 6.08 Å². The molecule has 1 atom stereocenters. The normalized spacial score (nSPS) is 18.7. The lowest BCUT2D eigenvalue weighted by Gasteiger charge is -2.36. The highest BCUT2D eigenvalue weighted by Crippen LogP contribution is 2.30. The van der Waals surface area contributed by atoms with Crippen molar-refractivity contribution in [2.24, 2.45) is 5.92 Å². The van der Waals surface area contributed by atoms with Crippen LogP contribution in [-0.4, -0.2) is 59.5 Å². The van der Waals surface area contributed by atoms with E-state index in [4.69, 9.17) is 14.2 Å². The van der Waals surface area contributed by atoms with Gasteiger partial charge in [0.15, 0.2) is 0 Å². The minimum Gasteiger partial charge on any atom is -1.00 e. The molecular weight excluding hydrogens is 414 g/mol. The monoisotopic (exact) mass is 447 g/mol. The summed E-state index contributed by atoms with van der Waals surface area (Å²) < 4.78 is 25.7. The fourth-order valence-electron chi connectivity index (χ4n) is 3.04. The number of unbranched alkanes of at least 4 members (excludes halogenated alkanes) is 3. The maximum Gasteiger partial charge on any atom is 0.512 e. The number of aromatic nitrogens is 2. The maximum atomic E-state index is 11.8. The number of hydrogen-bond acceptors (Lipinski definition) is 7. The molecule has 29 heavy (non-hydrogen) atoms. The molecule has 1 aliphatic heterocycles. The molecule has 2 rings (SSSR count). The van der Waals surface area contributed by atoms with E-state index in [-0.39, 0.29) is 19.1 Å². The first-order valence-electron chi connectivity index (χ1n) is 10.2. The number of rotatable bonds is 11. The Morgan fingerprint density at radius 2 is 2.03 bits per heavy atom. The van der Waals surface area contributed by atoms with Gasteiger partial charge in [-0.25, -0.2) is 4.79 Å². The number of nitrogens with zero attached hydrogens (tertiary/aromatic N) is 3. The van der Waals surface area contributed by atoms with Crippen molar-refractivity contribution in [2.75, 3.05) is 40.1 Å². The predicted molar refractivity (Wildman–Crippen MR) is 110 cm³/mol. The molecule has 0 amide bonds. The molecule has 0 aromatic carbocycles. The fourth-order valence-corrected chi connectivity index (χ4v) is 3.57. The lowest BCUT2D eigenvalue weighted by Crippen LogP contribution is -3.00. The molecule has 1 aliphatic rings. The van der Waals surface area contributed by atoms with Crippen molar-refractivity contribution in [1.29, 1.82) is 0 Å². The molecule has 1 aromatic rings. The van der Waals surface area contributed by atoms with Gasteiger partial charge >= 0.3 is 6.16 Å². The van der Waals surface area contributed by atoms with Crippen molar-refractivity contribution < 1.29 is 35.9 Å². The molecule has 7 nitrogen and oxygen atoms in total. The molecule has 1 unspecified atom stereocenters. The summed E-state index contributed by atoms with van der Waals surface area (Å²) in [6.07, 6.45) is 7.12. The Labute approximate surface area is 184 Å². The summed E-state index contributed by atoms with van der Waals surface area (Å²) in [6.45, 7) is 9.11. The Hall–Kier alpha value is -1.38. The minimum atomic E-state index is -0.601. The van der Waals surface area contributed by atoms with Gasteiger partial charge in [0.2, 0.25) is 6.73 Å². The quantitative estimate of drug-likeness (QED) is 0.291. The topological polar surface area (TPSA) is 70.5 Å². The van der Waals surface area contributed by atoms with Gasteiger partial charge in [-0.15, -0.1) is 4.37 Å². The zero-order valence-electron chi connectivity index (χ0n) is 18.0. The van der Waals surface area contributed by atoms with Crippen LogP contribution in [0.5, 0.6) is 5.88 Å². The lowest BCUT2D eigenvalue weighted by atomic mass is 10.1. The van der Waals surface area contributed by atoms with Crippen LogP contribution in [0, 0.1) is 5.92 Å². The third-order valence-corrected chi connectivity index (χ3v) is 5.15. The number of carbonyl (C=O) groups is 1. The molecule has 0 fully saturated rings. The van der Waals surface area contributed by atoms with Crippen molar-refractivity contribution in [3.8, 4) is 5.88 Å². The molecule has 0 radical (unpaired) electrons. The van der Waals surface area contributed by atoms with Gasteiger partial charge in [0, 0.05) is 12.0 Å². The first kappa shape index (κ1) is 25.7. The molecule has 0 saturated heterocycles. The second-order valence-electron chi connectivity index (χ2n) is 8.07. The summed E-state index contributed by atoms with van der Waals surface area (Å²) in [6, 6.07) is 0. The van der Waals surface area contributed by atoms with Gasteiger partial charge in [0.1, 0.15) is 12.2 Å². The Bertz CT molecular complexity index is 653. The fraction of sp³-hybridized carbons (Fsp3) is 0.750. The van der Waals surface area contributed by atoms with Gasteiger partial charge in [-0.1, -0.05) is 46.1 Å². The summed E-state index contributed by atoms with van der Waals surface area (Å²) in [5.41, 5.74) is 1.93. The molecule has 0 bridgehead atoms. The lowest BCUT2D eigenvalue weighted by molar-refractivity contribution is -0.919. The first-order valence-corrected chi connectivity index (χ1v) is 10.9. The number of likely N-dealkylation sites (N-methyl/N-ethyl adjacent to an activating group) is 1. The molecule has 2 heterocycles. The highest BCUT2D eigenvalue weighted by Gasteiger charge is 2.31. The summed E-state index contributed by atoms with van der Waals surface area (Å²) in [7, 11) is 2.08. The number of ether oxygens (including phenoxy) is 3. The predicted octanol–water partition coefficient (Wildman–Crippen LogP) is 1.50. The van der Waals surface area contributed by atoms with Crippen molar-refractivity contribution in [3.63, 3.8) is 0 Å². The standard InChI is InChI=1S/C20H34N3O4S.ClH/c1-5-6-7-8-12-25-19-18(21-28-22-19)17-10-9-11-23(4,13-17)15-27-20(24)26-14-16(2)3;/h10,16H,5-9,11-15H2,1-4H3;1H/q+1;/p-1. The minimum absolute atomic E-state index is 0. The van der Waals surface area contributed by atoms with Crippen LogP contribution >= 0.6 is 11.7 Å². The second kappa shape index (κ2) is 13.0. The first-order chi connectivity index (χ1) is 13.4. The number of carbonyl (C=O) groups excluding carboxylic acids is 1. The molecule has 9 heteroatoms. The van der Waals surface area contributed by atoms with Gasteiger partial charge < -0.3 is 26.6 Å².